The van der Waals surface area contributed by atoms with Crippen LogP contribution in [0.25, 0.3) is 11.1 Å². The average molecular weight is 447 g/mol. The molecule has 4 rings (SSSR count). The standard InChI is InChI=1S/C28H31ClN2O/c1-21-11-12-24(19-27(21)29)26-10-6-5-9-25(26)20-31-17-14-23(15-18-31)28(32)30-16-13-22-7-3-2-4-8-22/h2-12,19,23H,13-18,20H2,1H3,(H,30,32). The van der Waals surface area contributed by atoms with E-state index in [-0.39, 0.29) is 11.8 Å². The summed E-state index contributed by atoms with van der Waals surface area (Å²) in [5.74, 6) is 0.323. The normalized spacial score (nSPS) is 14.9. The van der Waals surface area contributed by atoms with E-state index in [0.717, 1.165) is 55.0 Å². The van der Waals surface area contributed by atoms with E-state index in [4.69, 9.17) is 11.6 Å². The summed E-state index contributed by atoms with van der Waals surface area (Å²) < 4.78 is 0. The quantitative estimate of drug-likeness (QED) is 0.491. The van der Waals surface area contributed by atoms with Gasteiger partial charge >= 0.3 is 0 Å². The van der Waals surface area contributed by atoms with E-state index in [9.17, 15) is 4.79 Å². The van der Waals surface area contributed by atoms with Gasteiger partial charge in [0.1, 0.15) is 0 Å². The number of hydrogen-bond acceptors (Lipinski definition) is 2. The number of halogens is 1. The Labute approximate surface area is 196 Å². The van der Waals surface area contributed by atoms with Gasteiger partial charge in [-0.15, -0.1) is 0 Å². The van der Waals surface area contributed by atoms with Gasteiger partial charge in [0.25, 0.3) is 0 Å². The molecule has 0 radical (unpaired) electrons. The fourth-order valence-corrected chi connectivity index (χ4v) is 4.59. The summed E-state index contributed by atoms with van der Waals surface area (Å²) in [5, 5.41) is 3.94. The monoisotopic (exact) mass is 446 g/mol. The zero-order valence-electron chi connectivity index (χ0n) is 18.7. The molecule has 32 heavy (non-hydrogen) atoms. The molecule has 1 amide bonds. The fourth-order valence-electron chi connectivity index (χ4n) is 4.41. The molecule has 0 atom stereocenters. The molecule has 166 valence electrons. The van der Waals surface area contributed by atoms with Gasteiger partial charge in [-0.05, 0) is 73.2 Å². The van der Waals surface area contributed by atoms with Crippen molar-refractivity contribution < 1.29 is 4.79 Å². The first-order chi connectivity index (χ1) is 15.6. The lowest BCUT2D eigenvalue weighted by Crippen LogP contribution is -2.40. The van der Waals surface area contributed by atoms with Crippen LogP contribution < -0.4 is 5.32 Å². The Bertz CT molecular complexity index is 1040. The summed E-state index contributed by atoms with van der Waals surface area (Å²) in [4.78, 5) is 15.1. The predicted octanol–water partition coefficient (Wildman–Crippen LogP) is 5.89. The van der Waals surface area contributed by atoms with Crippen LogP contribution >= 0.6 is 11.6 Å². The lowest BCUT2D eigenvalue weighted by molar-refractivity contribution is -0.126. The first-order valence-corrected chi connectivity index (χ1v) is 11.9. The van der Waals surface area contributed by atoms with Crippen LogP contribution in [0.2, 0.25) is 5.02 Å². The minimum atomic E-state index is 0.119. The van der Waals surface area contributed by atoms with Crippen LogP contribution in [0.1, 0.15) is 29.5 Å². The molecule has 4 heteroatoms. The first-order valence-electron chi connectivity index (χ1n) is 11.5. The van der Waals surface area contributed by atoms with Crippen molar-refractivity contribution in [1.82, 2.24) is 10.2 Å². The molecule has 3 nitrogen and oxygen atoms in total. The number of amides is 1. The molecule has 3 aromatic carbocycles. The largest absolute Gasteiger partial charge is 0.356 e. The van der Waals surface area contributed by atoms with Crippen LogP contribution in [0.5, 0.6) is 0 Å². The smallest absolute Gasteiger partial charge is 0.223 e. The zero-order valence-corrected chi connectivity index (χ0v) is 19.4. The van der Waals surface area contributed by atoms with E-state index >= 15 is 0 Å². The van der Waals surface area contributed by atoms with Crippen molar-refractivity contribution in [3.63, 3.8) is 0 Å². The lowest BCUT2D eigenvalue weighted by atomic mass is 9.94. The fraction of sp³-hybridized carbons (Fsp3) is 0.321. The summed E-state index contributed by atoms with van der Waals surface area (Å²) in [5.41, 5.74) is 6.05. The van der Waals surface area contributed by atoms with Crippen molar-refractivity contribution in [1.29, 1.82) is 0 Å². The van der Waals surface area contributed by atoms with Gasteiger partial charge in [0, 0.05) is 24.0 Å². The maximum absolute atomic E-state index is 12.6. The van der Waals surface area contributed by atoms with Gasteiger partial charge in [-0.2, -0.15) is 0 Å². The van der Waals surface area contributed by atoms with Gasteiger partial charge in [0.05, 0.1) is 0 Å². The molecule has 1 heterocycles. The zero-order chi connectivity index (χ0) is 22.3. The number of carbonyl (C=O) groups excluding carboxylic acids is 1. The molecular weight excluding hydrogens is 416 g/mol. The summed E-state index contributed by atoms with van der Waals surface area (Å²) in [6, 6.07) is 25.1. The summed E-state index contributed by atoms with van der Waals surface area (Å²) >= 11 is 6.38. The van der Waals surface area contributed by atoms with Crippen LogP contribution in [0, 0.1) is 12.8 Å². The van der Waals surface area contributed by atoms with Crippen molar-refractivity contribution in [2.75, 3.05) is 19.6 Å². The Kier molecular flexibility index (Phi) is 7.62. The summed E-state index contributed by atoms with van der Waals surface area (Å²) in [6.45, 7) is 5.51. The third kappa shape index (κ3) is 5.79. The van der Waals surface area contributed by atoms with Gasteiger partial charge in [0.15, 0.2) is 0 Å². The van der Waals surface area contributed by atoms with Crippen LogP contribution in [0.3, 0.4) is 0 Å². The van der Waals surface area contributed by atoms with E-state index in [1.165, 1.54) is 16.7 Å². The van der Waals surface area contributed by atoms with Crippen molar-refractivity contribution in [3.05, 3.63) is 94.5 Å². The maximum atomic E-state index is 12.6. The van der Waals surface area contributed by atoms with Gasteiger partial charge in [-0.25, -0.2) is 0 Å². The molecule has 0 saturated carbocycles. The molecule has 0 aliphatic carbocycles. The van der Waals surface area contributed by atoms with Crippen LogP contribution in [0.4, 0.5) is 0 Å². The Morgan fingerprint density at radius 1 is 1.00 bits per heavy atom. The molecule has 1 aliphatic heterocycles. The van der Waals surface area contributed by atoms with Crippen LogP contribution in [-0.2, 0) is 17.8 Å². The van der Waals surface area contributed by atoms with E-state index in [0.29, 0.717) is 6.54 Å². The second-order valence-electron chi connectivity index (χ2n) is 8.70. The minimum absolute atomic E-state index is 0.119. The van der Waals surface area contributed by atoms with E-state index in [1.807, 2.05) is 25.1 Å². The molecule has 1 saturated heterocycles. The average Bonchev–Trinajstić information content (AvgIpc) is 2.82. The Morgan fingerprint density at radius 2 is 1.72 bits per heavy atom. The second kappa shape index (κ2) is 10.8. The highest BCUT2D eigenvalue weighted by Gasteiger charge is 2.25. The number of benzene rings is 3. The number of rotatable bonds is 7. The number of nitrogens with one attached hydrogen (secondary N) is 1. The number of carbonyl (C=O) groups is 1. The van der Waals surface area contributed by atoms with E-state index in [2.05, 4.69) is 64.8 Å². The second-order valence-corrected chi connectivity index (χ2v) is 9.11. The third-order valence-electron chi connectivity index (χ3n) is 6.41. The van der Waals surface area contributed by atoms with Gasteiger partial charge < -0.3 is 5.32 Å². The Morgan fingerprint density at radius 3 is 2.47 bits per heavy atom. The molecule has 1 fully saturated rings. The van der Waals surface area contributed by atoms with Crippen molar-refractivity contribution in [3.8, 4) is 11.1 Å². The molecule has 1 aliphatic rings. The highest BCUT2D eigenvalue weighted by molar-refractivity contribution is 6.31. The third-order valence-corrected chi connectivity index (χ3v) is 6.82. The molecule has 3 aromatic rings. The number of aryl methyl sites for hydroxylation is 1. The summed E-state index contributed by atoms with van der Waals surface area (Å²) in [7, 11) is 0. The molecule has 0 unspecified atom stereocenters. The summed E-state index contributed by atoms with van der Waals surface area (Å²) in [6.07, 6.45) is 2.70. The van der Waals surface area contributed by atoms with Crippen LogP contribution in [0.15, 0.2) is 72.8 Å². The first kappa shape index (κ1) is 22.6. The van der Waals surface area contributed by atoms with Gasteiger partial charge in [0.2, 0.25) is 5.91 Å². The Balaban J connectivity index is 1.30. The van der Waals surface area contributed by atoms with Crippen molar-refractivity contribution in [2.45, 2.75) is 32.7 Å². The van der Waals surface area contributed by atoms with Crippen molar-refractivity contribution >= 4 is 17.5 Å². The van der Waals surface area contributed by atoms with Crippen LogP contribution in [-0.4, -0.2) is 30.4 Å². The number of hydrogen-bond donors (Lipinski definition) is 1. The highest BCUT2D eigenvalue weighted by Crippen LogP contribution is 2.29. The number of likely N-dealkylation sites (tertiary alicyclic amines) is 1. The van der Waals surface area contributed by atoms with E-state index in [1.54, 1.807) is 0 Å². The Hall–Kier alpha value is -2.62. The highest BCUT2D eigenvalue weighted by atomic mass is 35.5. The maximum Gasteiger partial charge on any atom is 0.223 e. The molecule has 1 N–H and O–H groups in total. The van der Waals surface area contributed by atoms with Gasteiger partial charge in [-0.1, -0.05) is 78.3 Å². The molecular formula is C28H31ClN2O. The molecule has 0 spiro atoms. The van der Waals surface area contributed by atoms with Gasteiger partial charge in [-0.3, -0.25) is 9.69 Å². The topological polar surface area (TPSA) is 32.3 Å². The minimum Gasteiger partial charge on any atom is -0.356 e. The van der Waals surface area contributed by atoms with E-state index < -0.39 is 0 Å². The SMILES string of the molecule is Cc1ccc(-c2ccccc2CN2CCC(C(=O)NCCc3ccccc3)CC2)cc1Cl. The lowest BCUT2D eigenvalue weighted by Gasteiger charge is -2.31. The van der Waals surface area contributed by atoms with Crippen molar-refractivity contribution in [2.24, 2.45) is 5.92 Å². The number of piperidine rings is 1. The molecule has 0 bridgehead atoms. The predicted molar refractivity (Wildman–Crippen MR) is 133 cm³/mol. The molecule has 0 aromatic heterocycles. The number of nitrogens with zero attached hydrogens (tertiary/aromatic N) is 1.